The molecule has 0 aliphatic carbocycles. The maximum absolute atomic E-state index is 13.5. The van der Waals surface area contributed by atoms with Crippen molar-refractivity contribution in [1.29, 1.82) is 0 Å². The zero-order chi connectivity index (χ0) is 10.7. The summed E-state index contributed by atoms with van der Waals surface area (Å²) in [4.78, 5) is 10.0. The second-order valence-electron chi connectivity index (χ2n) is 3.59. The number of aromatic nitrogens is 2. The molecule has 1 aromatic rings. The second-order valence-corrected chi connectivity index (χ2v) is 3.59. The number of nitrogens with one attached hydrogen (secondary N) is 1. The van der Waals surface area contributed by atoms with Gasteiger partial charge in [-0.2, -0.15) is 4.98 Å². The molecule has 4 nitrogen and oxygen atoms in total. The summed E-state index contributed by atoms with van der Waals surface area (Å²) in [5, 5.41) is 2.98. The number of hydrogen-bond donors (Lipinski definition) is 1. The quantitative estimate of drug-likeness (QED) is 0.823. The summed E-state index contributed by atoms with van der Waals surface area (Å²) in [5.74, 6) is 0.595. The molecular formula is C10H15FN4. The topological polar surface area (TPSA) is 41.1 Å². The van der Waals surface area contributed by atoms with E-state index in [0.717, 1.165) is 32.5 Å². The van der Waals surface area contributed by atoms with Crippen molar-refractivity contribution in [3.8, 4) is 0 Å². The summed E-state index contributed by atoms with van der Waals surface area (Å²) >= 11 is 0. The minimum absolute atomic E-state index is 0.335. The van der Waals surface area contributed by atoms with E-state index in [9.17, 15) is 4.39 Å². The third-order valence-electron chi connectivity index (χ3n) is 2.47. The van der Waals surface area contributed by atoms with Crippen molar-refractivity contribution in [1.82, 2.24) is 9.97 Å². The van der Waals surface area contributed by atoms with Crippen molar-refractivity contribution in [3.05, 3.63) is 12.0 Å². The van der Waals surface area contributed by atoms with Crippen molar-refractivity contribution in [3.63, 3.8) is 0 Å². The summed E-state index contributed by atoms with van der Waals surface area (Å²) in [7, 11) is 0. The second kappa shape index (κ2) is 4.42. The van der Waals surface area contributed by atoms with Crippen molar-refractivity contribution in [2.24, 2.45) is 0 Å². The highest BCUT2D eigenvalue weighted by atomic mass is 19.1. The number of anilines is 2. The van der Waals surface area contributed by atoms with E-state index < -0.39 is 0 Å². The Hall–Kier alpha value is -1.39. The predicted octanol–water partition coefficient (Wildman–Crippen LogP) is 1.65. The lowest BCUT2D eigenvalue weighted by Gasteiger charge is -2.17. The van der Waals surface area contributed by atoms with Crippen LogP contribution in [0.15, 0.2) is 6.20 Å². The first-order chi connectivity index (χ1) is 7.31. The Balaban J connectivity index is 2.23. The van der Waals surface area contributed by atoms with Gasteiger partial charge in [0.25, 0.3) is 0 Å². The first-order valence-corrected chi connectivity index (χ1v) is 5.32. The number of rotatable bonds is 3. The van der Waals surface area contributed by atoms with Gasteiger partial charge in [0, 0.05) is 19.6 Å². The van der Waals surface area contributed by atoms with E-state index in [1.165, 1.54) is 6.20 Å². The molecule has 0 unspecified atom stereocenters. The Morgan fingerprint density at radius 3 is 2.87 bits per heavy atom. The highest BCUT2D eigenvalue weighted by Gasteiger charge is 2.18. The Labute approximate surface area is 88.5 Å². The maximum atomic E-state index is 13.5. The molecule has 1 aliphatic heterocycles. The van der Waals surface area contributed by atoms with Crippen LogP contribution in [0.5, 0.6) is 0 Å². The molecule has 0 radical (unpaired) electrons. The van der Waals surface area contributed by atoms with Gasteiger partial charge in [-0.25, -0.2) is 9.37 Å². The number of halogens is 1. The summed E-state index contributed by atoms with van der Waals surface area (Å²) < 4.78 is 13.5. The molecule has 0 atom stereocenters. The van der Waals surface area contributed by atoms with Gasteiger partial charge in [-0.3, -0.25) is 0 Å². The molecule has 0 bridgehead atoms. The number of nitrogens with zero attached hydrogens (tertiary/aromatic N) is 3. The summed E-state index contributed by atoms with van der Waals surface area (Å²) in [6, 6.07) is 0. The van der Waals surface area contributed by atoms with E-state index in [-0.39, 0.29) is 5.82 Å². The summed E-state index contributed by atoms with van der Waals surface area (Å²) in [6.45, 7) is 4.48. The Bertz CT molecular complexity index is 336. The maximum Gasteiger partial charge on any atom is 0.224 e. The van der Waals surface area contributed by atoms with Crippen LogP contribution in [-0.2, 0) is 0 Å². The molecule has 5 heteroatoms. The van der Waals surface area contributed by atoms with Crippen LogP contribution in [0, 0.1) is 5.82 Å². The van der Waals surface area contributed by atoms with E-state index in [0.29, 0.717) is 11.8 Å². The van der Waals surface area contributed by atoms with Gasteiger partial charge < -0.3 is 10.2 Å². The zero-order valence-corrected chi connectivity index (χ0v) is 8.83. The molecule has 1 N–H and O–H groups in total. The first-order valence-electron chi connectivity index (χ1n) is 5.32. The average Bonchev–Trinajstić information content (AvgIpc) is 2.74. The highest BCUT2D eigenvalue weighted by molar-refractivity contribution is 5.44. The fourth-order valence-electron chi connectivity index (χ4n) is 1.75. The smallest absolute Gasteiger partial charge is 0.224 e. The minimum Gasteiger partial charge on any atom is -0.354 e. The third-order valence-corrected chi connectivity index (χ3v) is 2.47. The Kier molecular flexibility index (Phi) is 2.99. The van der Waals surface area contributed by atoms with Crippen LogP contribution in [0.2, 0.25) is 0 Å². The van der Waals surface area contributed by atoms with Gasteiger partial charge in [0.1, 0.15) is 0 Å². The molecule has 82 valence electrons. The molecule has 15 heavy (non-hydrogen) atoms. The van der Waals surface area contributed by atoms with Gasteiger partial charge in [-0.15, -0.1) is 0 Å². The normalized spacial score (nSPS) is 15.7. The van der Waals surface area contributed by atoms with Gasteiger partial charge in [-0.05, 0) is 19.8 Å². The van der Waals surface area contributed by atoms with E-state index >= 15 is 0 Å². The van der Waals surface area contributed by atoms with Gasteiger partial charge in [0.05, 0.1) is 6.20 Å². The summed E-state index contributed by atoms with van der Waals surface area (Å²) in [5.41, 5.74) is 0. The van der Waals surface area contributed by atoms with Crippen LogP contribution >= 0.6 is 0 Å². The van der Waals surface area contributed by atoms with E-state index in [1.54, 1.807) is 0 Å². The molecule has 1 saturated heterocycles. The van der Waals surface area contributed by atoms with Crippen LogP contribution in [0.25, 0.3) is 0 Å². The molecule has 1 fully saturated rings. The molecule has 2 rings (SSSR count). The third kappa shape index (κ3) is 2.16. The van der Waals surface area contributed by atoms with E-state index in [1.807, 2.05) is 11.8 Å². The average molecular weight is 210 g/mol. The largest absolute Gasteiger partial charge is 0.354 e. The zero-order valence-electron chi connectivity index (χ0n) is 8.83. The van der Waals surface area contributed by atoms with Crippen molar-refractivity contribution < 1.29 is 4.39 Å². The molecule has 1 aliphatic rings. The SMILES string of the molecule is CCNc1ncc(F)c(N2CCCC2)n1. The van der Waals surface area contributed by atoms with Crippen molar-refractivity contribution in [2.75, 3.05) is 29.9 Å². The van der Waals surface area contributed by atoms with Crippen molar-refractivity contribution in [2.45, 2.75) is 19.8 Å². The fraction of sp³-hybridized carbons (Fsp3) is 0.600. The molecule has 0 saturated carbocycles. The van der Waals surface area contributed by atoms with Crippen LogP contribution in [-0.4, -0.2) is 29.6 Å². The first kappa shape index (κ1) is 10.1. The standard InChI is InChI=1S/C10H15FN4/c1-2-12-10-13-7-8(11)9(14-10)15-5-3-4-6-15/h7H,2-6H2,1H3,(H,12,13,14). The molecule has 0 spiro atoms. The predicted molar refractivity (Wildman–Crippen MR) is 57.6 cm³/mol. The van der Waals surface area contributed by atoms with Crippen LogP contribution in [0.3, 0.4) is 0 Å². The van der Waals surface area contributed by atoms with Crippen molar-refractivity contribution >= 4 is 11.8 Å². The molecular weight excluding hydrogens is 195 g/mol. The Morgan fingerprint density at radius 2 is 2.20 bits per heavy atom. The lowest BCUT2D eigenvalue weighted by atomic mass is 10.4. The fourth-order valence-corrected chi connectivity index (χ4v) is 1.75. The minimum atomic E-state index is -0.335. The monoisotopic (exact) mass is 210 g/mol. The van der Waals surface area contributed by atoms with E-state index in [2.05, 4.69) is 15.3 Å². The van der Waals surface area contributed by atoms with Gasteiger partial charge in [0.2, 0.25) is 5.95 Å². The van der Waals surface area contributed by atoms with Crippen LogP contribution < -0.4 is 10.2 Å². The van der Waals surface area contributed by atoms with Crippen LogP contribution in [0.4, 0.5) is 16.2 Å². The number of hydrogen-bond acceptors (Lipinski definition) is 4. The van der Waals surface area contributed by atoms with Gasteiger partial charge in [-0.1, -0.05) is 0 Å². The molecule has 1 aromatic heterocycles. The molecule has 2 heterocycles. The molecule has 0 aromatic carbocycles. The lowest BCUT2D eigenvalue weighted by molar-refractivity contribution is 0.608. The van der Waals surface area contributed by atoms with Gasteiger partial charge >= 0.3 is 0 Å². The molecule has 0 amide bonds. The van der Waals surface area contributed by atoms with Crippen LogP contribution in [0.1, 0.15) is 19.8 Å². The van der Waals surface area contributed by atoms with Gasteiger partial charge in [0.15, 0.2) is 11.6 Å². The Morgan fingerprint density at radius 1 is 1.47 bits per heavy atom. The summed E-state index contributed by atoms with van der Waals surface area (Å²) in [6.07, 6.45) is 3.46. The highest BCUT2D eigenvalue weighted by Crippen LogP contribution is 2.21. The van der Waals surface area contributed by atoms with E-state index in [4.69, 9.17) is 0 Å². The lowest BCUT2D eigenvalue weighted by Crippen LogP contribution is -2.21.